The largest absolute Gasteiger partial charge is 0.360 e. The quantitative estimate of drug-likeness (QED) is 0.660. The van der Waals surface area contributed by atoms with E-state index in [2.05, 4.69) is 10.1 Å². The molecule has 5 nitrogen and oxygen atoms in total. The maximum Gasteiger partial charge on any atom is 0.264 e. The highest BCUT2D eigenvalue weighted by atomic mass is 16.5. The minimum Gasteiger partial charge on any atom is -0.360 e. The Morgan fingerprint density at radius 2 is 1.63 bits per heavy atom. The lowest BCUT2D eigenvalue weighted by atomic mass is 10.0. The van der Waals surface area contributed by atoms with Gasteiger partial charge in [-0.3, -0.25) is 4.79 Å². The van der Waals surface area contributed by atoms with E-state index in [1.165, 1.54) is 0 Å². The monoisotopic (exact) mass is 363 g/mol. The lowest BCUT2D eigenvalue weighted by Crippen LogP contribution is -2.37. The molecule has 2 aromatic carbocycles. The summed E-state index contributed by atoms with van der Waals surface area (Å²) in [7, 11) is 4.00. The number of hydrogen-bond acceptors (Lipinski definition) is 4. The zero-order valence-corrected chi connectivity index (χ0v) is 16.3. The molecule has 0 atom stereocenters. The molecule has 5 heteroatoms. The molecule has 0 unspecified atom stereocenters. The highest BCUT2D eigenvalue weighted by Gasteiger charge is 2.27. The number of hydrogen-bond donors (Lipinski definition) is 0. The Morgan fingerprint density at radius 3 is 2.26 bits per heavy atom. The average Bonchev–Trinajstić information content (AvgIpc) is 3.05. The Morgan fingerprint density at radius 1 is 0.963 bits per heavy atom. The highest BCUT2D eigenvalue weighted by Crippen LogP contribution is 2.28. The highest BCUT2D eigenvalue weighted by molar-refractivity contribution is 6.10. The molecule has 3 rings (SSSR count). The number of likely N-dealkylation sites (N-methyl/N-ethyl adjacent to an activating group) is 1. The van der Waals surface area contributed by atoms with Crippen LogP contribution in [-0.2, 0) is 0 Å². The van der Waals surface area contributed by atoms with Crippen LogP contribution < -0.4 is 4.90 Å². The van der Waals surface area contributed by atoms with Gasteiger partial charge in [-0.25, -0.2) is 0 Å². The third kappa shape index (κ3) is 4.26. The van der Waals surface area contributed by atoms with E-state index in [0.717, 1.165) is 23.4 Å². The van der Waals surface area contributed by atoms with Crippen molar-refractivity contribution >= 4 is 11.6 Å². The number of carbonyl (C=O) groups excluding carboxylic acids is 1. The SMILES string of the molecule is Cc1ccc(N(CCN(C)C)C(=O)c2c(-c3ccccc3)noc2C)cc1. The van der Waals surface area contributed by atoms with Crippen molar-refractivity contribution in [2.75, 3.05) is 32.1 Å². The summed E-state index contributed by atoms with van der Waals surface area (Å²) in [5.41, 5.74) is 3.99. The van der Waals surface area contributed by atoms with E-state index in [-0.39, 0.29) is 5.91 Å². The van der Waals surface area contributed by atoms with Crippen molar-refractivity contribution in [2.45, 2.75) is 13.8 Å². The fourth-order valence-corrected chi connectivity index (χ4v) is 2.92. The Bertz CT molecular complexity index is 899. The molecule has 0 spiro atoms. The van der Waals surface area contributed by atoms with Crippen LogP contribution in [0.1, 0.15) is 21.7 Å². The molecule has 0 saturated carbocycles. The van der Waals surface area contributed by atoms with Gasteiger partial charge < -0.3 is 14.3 Å². The van der Waals surface area contributed by atoms with E-state index in [0.29, 0.717) is 23.6 Å². The molecule has 0 N–H and O–H groups in total. The number of nitrogens with zero attached hydrogens (tertiary/aromatic N) is 3. The average molecular weight is 363 g/mol. The van der Waals surface area contributed by atoms with E-state index in [9.17, 15) is 4.79 Å². The van der Waals surface area contributed by atoms with Gasteiger partial charge in [0.1, 0.15) is 17.0 Å². The summed E-state index contributed by atoms with van der Waals surface area (Å²) in [6.07, 6.45) is 0. The second kappa shape index (κ2) is 8.18. The van der Waals surface area contributed by atoms with Crippen molar-refractivity contribution in [3.63, 3.8) is 0 Å². The van der Waals surface area contributed by atoms with Gasteiger partial charge >= 0.3 is 0 Å². The van der Waals surface area contributed by atoms with Gasteiger partial charge in [0.2, 0.25) is 0 Å². The fraction of sp³-hybridized carbons (Fsp3) is 0.273. The van der Waals surface area contributed by atoms with Crippen LogP contribution in [0.3, 0.4) is 0 Å². The first-order valence-corrected chi connectivity index (χ1v) is 9.02. The molecule has 0 radical (unpaired) electrons. The number of amides is 1. The van der Waals surface area contributed by atoms with E-state index < -0.39 is 0 Å². The molecular formula is C22H25N3O2. The van der Waals surface area contributed by atoms with Crippen LogP contribution in [0.2, 0.25) is 0 Å². The standard InChI is InChI=1S/C22H25N3O2/c1-16-10-12-19(13-11-16)25(15-14-24(3)4)22(26)20-17(2)27-23-21(20)18-8-6-5-7-9-18/h5-13H,14-15H2,1-4H3. The molecule has 0 fully saturated rings. The Labute approximate surface area is 160 Å². The summed E-state index contributed by atoms with van der Waals surface area (Å²) in [4.78, 5) is 17.4. The van der Waals surface area contributed by atoms with Gasteiger partial charge in [0.25, 0.3) is 5.91 Å². The molecule has 27 heavy (non-hydrogen) atoms. The maximum atomic E-state index is 13.5. The Hall–Kier alpha value is -2.92. The van der Waals surface area contributed by atoms with Crippen molar-refractivity contribution in [2.24, 2.45) is 0 Å². The van der Waals surface area contributed by atoms with Gasteiger partial charge in [0.15, 0.2) is 0 Å². The number of anilines is 1. The van der Waals surface area contributed by atoms with Crippen LogP contribution >= 0.6 is 0 Å². The molecule has 0 saturated heterocycles. The molecule has 3 aromatic rings. The van der Waals surface area contributed by atoms with Gasteiger partial charge in [-0.15, -0.1) is 0 Å². The molecule has 1 aromatic heterocycles. The smallest absolute Gasteiger partial charge is 0.264 e. The van der Waals surface area contributed by atoms with E-state index in [1.54, 1.807) is 11.8 Å². The second-order valence-electron chi connectivity index (χ2n) is 6.92. The summed E-state index contributed by atoms with van der Waals surface area (Å²) in [6, 6.07) is 17.7. The predicted molar refractivity (Wildman–Crippen MR) is 108 cm³/mol. The summed E-state index contributed by atoms with van der Waals surface area (Å²) in [5, 5.41) is 4.16. The number of aromatic nitrogens is 1. The first-order chi connectivity index (χ1) is 13.0. The Kier molecular flexibility index (Phi) is 5.72. The second-order valence-corrected chi connectivity index (χ2v) is 6.92. The van der Waals surface area contributed by atoms with Crippen molar-refractivity contribution in [3.8, 4) is 11.3 Å². The van der Waals surface area contributed by atoms with Crippen molar-refractivity contribution in [1.82, 2.24) is 10.1 Å². The summed E-state index contributed by atoms with van der Waals surface area (Å²) in [6.45, 7) is 5.15. The molecule has 0 aliphatic rings. The van der Waals surface area contributed by atoms with Crippen molar-refractivity contribution in [1.29, 1.82) is 0 Å². The van der Waals surface area contributed by atoms with E-state index in [1.807, 2.05) is 75.6 Å². The van der Waals surface area contributed by atoms with Gasteiger partial charge in [-0.05, 0) is 40.1 Å². The van der Waals surface area contributed by atoms with E-state index >= 15 is 0 Å². The van der Waals surface area contributed by atoms with Crippen molar-refractivity contribution in [3.05, 3.63) is 71.5 Å². The van der Waals surface area contributed by atoms with Crippen LogP contribution in [0.5, 0.6) is 0 Å². The minimum atomic E-state index is -0.0988. The minimum absolute atomic E-state index is 0.0988. The first-order valence-electron chi connectivity index (χ1n) is 9.02. The first kappa shape index (κ1) is 18.9. The van der Waals surface area contributed by atoms with Gasteiger partial charge in [0.05, 0.1) is 0 Å². The number of benzene rings is 2. The lowest BCUT2D eigenvalue weighted by molar-refractivity contribution is 0.0984. The van der Waals surface area contributed by atoms with Crippen LogP contribution in [0.4, 0.5) is 5.69 Å². The van der Waals surface area contributed by atoms with Gasteiger partial charge in [-0.1, -0.05) is 53.2 Å². The third-order valence-electron chi connectivity index (χ3n) is 4.49. The molecule has 1 heterocycles. The molecule has 1 amide bonds. The van der Waals surface area contributed by atoms with E-state index in [4.69, 9.17) is 4.52 Å². The number of carbonyl (C=O) groups is 1. The van der Waals surface area contributed by atoms with Crippen LogP contribution in [0.15, 0.2) is 59.1 Å². The lowest BCUT2D eigenvalue weighted by Gasteiger charge is -2.25. The summed E-state index contributed by atoms with van der Waals surface area (Å²) < 4.78 is 5.39. The van der Waals surface area contributed by atoms with Gasteiger partial charge in [-0.2, -0.15) is 0 Å². The van der Waals surface area contributed by atoms with Crippen LogP contribution in [0.25, 0.3) is 11.3 Å². The summed E-state index contributed by atoms with van der Waals surface area (Å²) in [5.74, 6) is 0.430. The topological polar surface area (TPSA) is 49.6 Å². The molecular weight excluding hydrogens is 338 g/mol. The van der Waals surface area contributed by atoms with Crippen molar-refractivity contribution < 1.29 is 9.32 Å². The van der Waals surface area contributed by atoms with Crippen LogP contribution in [-0.4, -0.2) is 43.1 Å². The maximum absolute atomic E-state index is 13.5. The van der Waals surface area contributed by atoms with Crippen LogP contribution in [0, 0.1) is 13.8 Å². The molecule has 0 aliphatic carbocycles. The third-order valence-corrected chi connectivity index (χ3v) is 4.49. The summed E-state index contributed by atoms with van der Waals surface area (Å²) >= 11 is 0. The Balaban J connectivity index is 2.02. The van der Waals surface area contributed by atoms with Gasteiger partial charge in [0, 0.05) is 24.3 Å². The molecule has 0 bridgehead atoms. The molecule has 0 aliphatic heterocycles. The fourth-order valence-electron chi connectivity index (χ4n) is 2.92. The zero-order chi connectivity index (χ0) is 19.4. The number of aryl methyl sites for hydroxylation is 2. The molecule has 140 valence electrons. The zero-order valence-electron chi connectivity index (χ0n) is 16.3. The normalized spacial score (nSPS) is 11.0. The number of rotatable bonds is 6. The predicted octanol–water partition coefficient (Wildman–Crippen LogP) is 4.17.